The lowest BCUT2D eigenvalue weighted by Gasteiger charge is -2.09. The third-order valence-corrected chi connectivity index (χ3v) is 5.57. The molecule has 1 N–H and O–H groups in total. The number of carbonyl (C=O) groups excluding carboxylic acids is 3. The van der Waals surface area contributed by atoms with Crippen molar-refractivity contribution in [1.29, 1.82) is 0 Å². The molecule has 0 saturated carbocycles. The summed E-state index contributed by atoms with van der Waals surface area (Å²) in [7, 11) is 1.63. The van der Waals surface area contributed by atoms with E-state index < -0.39 is 5.25 Å². The van der Waals surface area contributed by atoms with E-state index in [2.05, 4.69) is 15.3 Å². The van der Waals surface area contributed by atoms with Gasteiger partial charge in [0.15, 0.2) is 11.0 Å². The molecule has 1 saturated heterocycles. The Bertz CT molecular complexity index is 880. The lowest BCUT2D eigenvalue weighted by molar-refractivity contribution is -0.127. The lowest BCUT2D eigenvalue weighted by Crippen LogP contribution is -2.30. The number of thiazole rings is 1. The van der Waals surface area contributed by atoms with Gasteiger partial charge in [-0.1, -0.05) is 23.9 Å². The number of Topliss-reactive ketones (excluding diaryl/α,β-unsaturated/α-hetero) is 1. The predicted molar refractivity (Wildman–Crippen MR) is 103 cm³/mol. The van der Waals surface area contributed by atoms with E-state index in [1.807, 2.05) is 0 Å². The number of benzene rings is 1. The van der Waals surface area contributed by atoms with Crippen LogP contribution >= 0.6 is 23.1 Å². The van der Waals surface area contributed by atoms with Crippen molar-refractivity contribution in [2.24, 2.45) is 4.99 Å². The summed E-state index contributed by atoms with van der Waals surface area (Å²) in [6.45, 7) is 1.47. The summed E-state index contributed by atoms with van der Waals surface area (Å²) in [4.78, 5) is 45.9. The van der Waals surface area contributed by atoms with Crippen LogP contribution in [-0.4, -0.2) is 44.9 Å². The highest BCUT2D eigenvalue weighted by molar-refractivity contribution is 8.15. The van der Waals surface area contributed by atoms with Gasteiger partial charge in [0.2, 0.25) is 16.9 Å². The molecule has 26 heavy (non-hydrogen) atoms. The number of nitrogens with zero attached hydrogens (tertiary/aromatic N) is 3. The zero-order valence-electron chi connectivity index (χ0n) is 14.1. The summed E-state index contributed by atoms with van der Waals surface area (Å²) < 4.78 is 0. The van der Waals surface area contributed by atoms with Crippen molar-refractivity contribution in [2.45, 2.75) is 18.6 Å². The Kier molecular flexibility index (Phi) is 5.48. The molecule has 2 aromatic rings. The topological polar surface area (TPSA) is 91.7 Å². The minimum atomic E-state index is -0.533. The summed E-state index contributed by atoms with van der Waals surface area (Å²) in [5.74, 6) is -0.536. The van der Waals surface area contributed by atoms with Gasteiger partial charge in [-0.05, 0) is 19.1 Å². The number of hydrogen-bond acceptors (Lipinski definition) is 7. The van der Waals surface area contributed by atoms with Gasteiger partial charge < -0.3 is 5.32 Å². The van der Waals surface area contributed by atoms with Crippen molar-refractivity contribution < 1.29 is 14.4 Å². The van der Waals surface area contributed by atoms with Crippen molar-refractivity contribution in [2.75, 3.05) is 12.4 Å². The Morgan fingerprint density at radius 1 is 1.38 bits per heavy atom. The predicted octanol–water partition coefficient (Wildman–Crippen LogP) is 2.94. The molecule has 1 aromatic carbocycles. The van der Waals surface area contributed by atoms with E-state index in [1.165, 1.54) is 34.9 Å². The van der Waals surface area contributed by atoms with Crippen molar-refractivity contribution in [1.82, 2.24) is 9.88 Å². The number of ketones is 1. The van der Waals surface area contributed by atoms with Gasteiger partial charge in [-0.3, -0.25) is 19.3 Å². The fourth-order valence-electron chi connectivity index (χ4n) is 2.35. The van der Waals surface area contributed by atoms with E-state index >= 15 is 0 Å². The first-order valence-electron chi connectivity index (χ1n) is 7.77. The number of carbonyl (C=O) groups is 3. The van der Waals surface area contributed by atoms with E-state index in [-0.39, 0.29) is 24.0 Å². The number of hydrogen-bond donors (Lipinski definition) is 1. The second-order valence-corrected chi connectivity index (χ2v) is 7.64. The summed E-state index contributed by atoms with van der Waals surface area (Å²) >= 11 is 2.63. The molecule has 0 spiro atoms. The first-order chi connectivity index (χ1) is 12.4. The van der Waals surface area contributed by atoms with Gasteiger partial charge in [-0.2, -0.15) is 4.99 Å². The second kappa shape index (κ2) is 7.79. The van der Waals surface area contributed by atoms with Gasteiger partial charge in [-0.25, -0.2) is 4.98 Å². The first-order valence-corrected chi connectivity index (χ1v) is 9.53. The number of anilines is 1. The molecule has 1 aliphatic heterocycles. The number of rotatable bonds is 5. The van der Waals surface area contributed by atoms with Gasteiger partial charge in [0.25, 0.3) is 0 Å². The Morgan fingerprint density at radius 3 is 2.88 bits per heavy atom. The molecule has 0 radical (unpaired) electrons. The van der Waals surface area contributed by atoms with Gasteiger partial charge in [0.05, 0.1) is 0 Å². The zero-order valence-corrected chi connectivity index (χ0v) is 15.8. The van der Waals surface area contributed by atoms with Crippen LogP contribution in [0.15, 0.2) is 40.8 Å². The molecule has 2 heterocycles. The minimum Gasteiger partial charge on any atom is -0.326 e. The molecule has 3 rings (SSSR count). The number of thioether (sulfide) groups is 1. The van der Waals surface area contributed by atoms with Gasteiger partial charge >= 0.3 is 0 Å². The molecule has 1 aliphatic rings. The van der Waals surface area contributed by atoms with Crippen molar-refractivity contribution in [3.8, 4) is 0 Å². The summed E-state index contributed by atoms with van der Waals surface area (Å²) in [5.41, 5.74) is 1.05. The first kappa shape index (κ1) is 18.3. The number of amides is 2. The number of aliphatic imine (C=N–C) groups is 1. The number of aromatic nitrogens is 1. The van der Waals surface area contributed by atoms with Crippen LogP contribution in [-0.2, 0) is 9.59 Å². The van der Waals surface area contributed by atoms with E-state index in [9.17, 15) is 14.4 Å². The van der Waals surface area contributed by atoms with Crippen LogP contribution in [0.25, 0.3) is 0 Å². The molecule has 7 nitrogen and oxygen atoms in total. The Morgan fingerprint density at radius 2 is 2.19 bits per heavy atom. The highest BCUT2D eigenvalue weighted by atomic mass is 32.2. The smallest absolute Gasteiger partial charge is 0.242 e. The number of amidine groups is 1. The maximum absolute atomic E-state index is 12.4. The van der Waals surface area contributed by atoms with Crippen molar-refractivity contribution >= 4 is 56.7 Å². The van der Waals surface area contributed by atoms with Gasteiger partial charge in [-0.15, -0.1) is 11.3 Å². The Hall–Kier alpha value is -2.52. The van der Waals surface area contributed by atoms with Crippen LogP contribution in [0.2, 0.25) is 0 Å². The minimum absolute atomic E-state index is 0.0228. The maximum atomic E-state index is 12.4. The standard InChI is InChI=1S/C17H16N4O3S2/c1-10(22)11-4-3-5-12(8-11)19-14(23)9-13-15(24)21(2)17(26-13)20-16-18-6-7-25-16/h3-8,13H,9H2,1-2H3,(H,19,23). The van der Waals surface area contributed by atoms with Crippen LogP contribution < -0.4 is 5.32 Å². The fourth-order valence-corrected chi connectivity index (χ4v) is 4.04. The van der Waals surface area contributed by atoms with Gasteiger partial charge in [0, 0.05) is 36.3 Å². The van der Waals surface area contributed by atoms with Crippen molar-refractivity contribution in [3.05, 3.63) is 41.4 Å². The average Bonchev–Trinajstić information content (AvgIpc) is 3.20. The van der Waals surface area contributed by atoms with Crippen LogP contribution in [0.3, 0.4) is 0 Å². The van der Waals surface area contributed by atoms with Gasteiger partial charge in [0.1, 0.15) is 5.25 Å². The zero-order chi connectivity index (χ0) is 18.7. The van der Waals surface area contributed by atoms with E-state index in [1.54, 1.807) is 42.9 Å². The fraction of sp³-hybridized carbons (Fsp3) is 0.235. The highest BCUT2D eigenvalue weighted by Crippen LogP contribution is 2.31. The molecule has 0 aliphatic carbocycles. The van der Waals surface area contributed by atoms with Crippen LogP contribution in [0.4, 0.5) is 10.8 Å². The number of nitrogens with one attached hydrogen (secondary N) is 1. The third-order valence-electron chi connectivity index (χ3n) is 3.67. The molecular formula is C17H16N4O3S2. The summed E-state index contributed by atoms with van der Waals surface area (Å²) in [6.07, 6.45) is 1.67. The summed E-state index contributed by atoms with van der Waals surface area (Å²) in [6, 6.07) is 6.71. The SMILES string of the molecule is CC(=O)c1cccc(NC(=O)CC2SC(=Nc3nccs3)N(C)C2=O)c1. The third kappa shape index (κ3) is 4.17. The molecule has 1 aromatic heterocycles. The molecular weight excluding hydrogens is 372 g/mol. The van der Waals surface area contributed by atoms with Crippen LogP contribution in [0.5, 0.6) is 0 Å². The molecule has 2 amide bonds. The molecule has 9 heteroatoms. The van der Waals surface area contributed by atoms with Crippen molar-refractivity contribution in [3.63, 3.8) is 0 Å². The van der Waals surface area contributed by atoms with Crippen LogP contribution in [0, 0.1) is 0 Å². The van der Waals surface area contributed by atoms with Crippen LogP contribution in [0.1, 0.15) is 23.7 Å². The molecule has 134 valence electrons. The second-order valence-electron chi connectivity index (χ2n) is 5.60. The molecule has 1 atom stereocenters. The molecule has 0 bridgehead atoms. The normalized spacial score (nSPS) is 18.4. The Balaban J connectivity index is 1.65. The van der Waals surface area contributed by atoms with E-state index in [4.69, 9.17) is 0 Å². The van der Waals surface area contributed by atoms with E-state index in [0.717, 1.165) is 0 Å². The summed E-state index contributed by atoms with van der Waals surface area (Å²) in [5, 5.41) is 5.11. The quantitative estimate of drug-likeness (QED) is 0.795. The largest absolute Gasteiger partial charge is 0.326 e. The monoisotopic (exact) mass is 388 g/mol. The average molecular weight is 388 g/mol. The highest BCUT2D eigenvalue weighted by Gasteiger charge is 2.37. The van der Waals surface area contributed by atoms with E-state index in [0.29, 0.717) is 21.6 Å². The molecule has 1 unspecified atom stereocenters. The lowest BCUT2D eigenvalue weighted by atomic mass is 10.1. The molecule has 1 fully saturated rings. The maximum Gasteiger partial charge on any atom is 0.242 e. The Labute approximate surface area is 158 Å².